The number of esters is 2. The van der Waals surface area contributed by atoms with Crippen LogP contribution in [0.2, 0.25) is 0 Å². The van der Waals surface area contributed by atoms with Gasteiger partial charge in [0.15, 0.2) is 5.78 Å². The van der Waals surface area contributed by atoms with Crippen molar-refractivity contribution in [1.82, 2.24) is 0 Å². The molecule has 1 aromatic carbocycles. The van der Waals surface area contributed by atoms with Gasteiger partial charge >= 0.3 is 11.9 Å². The number of carbonyl (C=O) groups excluding carboxylic acids is 3. The number of ketones is 1. The lowest BCUT2D eigenvalue weighted by molar-refractivity contribution is -0.154. The summed E-state index contributed by atoms with van der Waals surface area (Å²) in [6.07, 6.45) is 6.54. The normalized spacial score (nSPS) is 21.4. The highest BCUT2D eigenvalue weighted by Crippen LogP contribution is 2.31. The minimum atomic E-state index is -1.39. The summed E-state index contributed by atoms with van der Waals surface area (Å²) < 4.78 is 9.79. The predicted octanol–water partition coefficient (Wildman–Crippen LogP) is 2.22. The van der Waals surface area contributed by atoms with Crippen molar-refractivity contribution in [3.05, 3.63) is 71.8 Å². The summed E-state index contributed by atoms with van der Waals surface area (Å²) in [5, 5.41) is 21.1. The zero-order chi connectivity index (χ0) is 22.9. The van der Waals surface area contributed by atoms with Crippen LogP contribution in [-0.2, 0) is 30.3 Å². The van der Waals surface area contributed by atoms with Gasteiger partial charge in [0, 0.05) is 19.4 Å². The fraction of sp³-hybridized carbons (Fsp3) is 0.375. The highest BCUT2D eigenvalue weighted by Gasteiger charge is 2.36. The highest BCUT2D eigenvalue weighted by atomic mass is 16.6. The molecule has 0 aliphatic heterocycles. The monoisotopic (exact) mass is 428 g/mol. The quantitative estimate of drug-likeness (QED) is 0.434. The molecule has 31 heavy (non-hydrogen) atoms. The lowest BCUT2D eigenvalue weighted by atomic mass is 9.89. The number of ether oxygens (including phenoxy) is 2. The standard InChI is InChI=1S/C24H28O7/c1-17(25)30-16-22(28)23(31-18(2)26)12-6-11-20-21(27)13-15-24(20,29)14-7-10-19-8-4-3-5-9-19/h3-6,8-9,11-13,15,22-23,28-29H,7,10,14,16H2,1-2H3/b12-6+,20-11+. The molecule has 0 fully saturated rings. The van der Waals surface area contributed by atoms with E-state index >= 15 is 0 Å². The van der Waals surface area contributed by atoms with Crippen molar-refractivity contribution in [1.29, 1.82) is 0 Å². The van der Waals surface area contributed by atoms with Crippen LogP contribution in [0, 0.1) is 0 Å². The van der Waals surface area contributed by atoms with Crippen molar-refractivity contribution in [3.8, 4) is 0 Å². The summed E-state index contributed by atoms with van der Waals surface area (Å²) >= 11 is 0. The Balaban J connectivity index is 2.06. The van der Waals surface area contributed by atoms with E-state index < -0.39 is 29.7 Å². The maximum absolute atomic E-state index is 12.2. The molecule has 0 aromatic heterocycles. The number of allylic oxidation sites excluding steroid dienone is 3. The second-order valence-electron chi connectivity index (χ2n) is 7.37. The van der Waals surface area contributed by atoms with Crippen LogP contribution in [0.15, 0.2) is 66.3 Å². The van der Waals surface area contributed by atoms with Gasteiger partial charge in [-0.1, -0.05) is 42.5 Å². The van der Waals surface area contributed by atoms with Gasteiger partial charge < -0.3 is 19.7 Å². The highest BCUT2D eigenvalue weighted by molar-refractivity contribution is 6.09. The van der Waals surface area contributed by atoms with Crippen LogP contribution in [0.4, 0.5) is 0 Å². The van der Waals surface area contributed by atoms with E-state index in [0.29, 0.717) is 12.8 Å². The molecule has 3 unspecified atom stereocenters. The van der Waals surface area contributed by atoms with Gasteiger partial charge in [0.1, 0.15) is 24.4 Å². The fourth-order valence-corrected chi connectivity index (χ4v) is 3.25. The number of aryl methyl sites for hydroxylation is 1. The Morgan fingerprint density at radius 2 is 1.87 bits per heavy atom. The van der Waals surface area contributed by atoms with Crippen molar-refractivity contribution >= 4 is 17.7 Å². The number of aliphatic hydroxyl groups excluding tert-OH is 1. The molecule has 1 aliphatic rings. The molecule has 0 saturated heterocycles. The third kappa shape index (κ3) is 7.62. The maximum atomic E-state index is 12.2. The van der Waals surface area contributed by atoms with Crippen LogP contribution in [0.25, 0.3) is 0 Å². The van der Waals surface area contributed by atoms with Crippen LogP contribution < -0.4 is 0 Å². The van der Waals surface area contributed by atoms with E-state index in [0.717, 1.165) is 12.0 Å². The van der Waals surface area contributed by atoms with Gasteiger partial charge in [0.25, 0.3) is 0 Å². The Kier molecular flexibility index (Phi) is 8.90. The molecule has 7 heteroatoms. The van der Waals surface area contributed by atoms with Gasteiger partial charge in [-0.25, -0.2) is 0 Å². The first kappa shape index (κ1) is 24.2. The van der Waals surface area contributed by atoms with Gasteiger partial charge in [-0.15, -0.1) is 0 Å². The molecule has 0 amide bonds. The van der Waals surface area contributed by atoms with E-state index in [1.165, 1.54) is 44.2 Å². The molecule has 0 heterocycles. The minimum absolute atomic E-state index is 0.202. The lowest BCUT2D eigenvalue weighted by Gasteiger charge is -2.22. The Hall–Kier alpha value is -3.03. The van der Waals surface area contributed by atoms with E-state index in [2.05, 4.69) is 0 Å². The molecule has 7 nitrogen and oxygen atoms in total. The van der Waals surface area contributed by atoms with Gasteiger partial charge in [0.05, 0.1) is 0 Å². The van der Waals surface area contributed by atoms with E-state index in [-0.39, 0.29) is 18.0 Å². The largest absolute Gasteiger partial charge is 0.463 e. The summed E-state index contributed by atoms with van der Waals surface area (Å²) in [4.78, 5) is 34.5. The molecule has 1 aliphatic carbocycles. The molecule has 2 rings (SSSR count). The third-order valence-corrected chi connectivity index (χ3v) is 4.81. The first-order valence-electron chi connectivity index (χ1n) is 10.1. The van der Waals surface area contributed by atoms with E-state index in [1.54, 1.807) is 0 Å². The van der Waals surface area contributed by atoms with Crippen LogP contribution in [0.1, 0.15) is 32.3 Å². The molecule has 3 atom stereocenters. The Morgan fingerprint density at radius 3 is 2.52 bits per heavy atom. The van der Waals surface area contributed by atoms with E-state index in [4.69, 9.17) is 9.47 Å². The number of hydrogen-bond donors (Lipinski definition) is 2. The molecule has 0 spiro atoms. The van der Waals surface area contributed by atoms with Gasteiger partial charge in [-0.3, -0.25) is 14.4 Å². The van der Waals surface area contributed by atoms with Gasteiger partial charge in [0.2, 0.25) is 0 Å². The second kappa shape index (κ2) is 11.4. The van der Waals surface area contributed by atoms with E-state index in [1.807, 2.05) is 30.3 Å². The Bertz CT molecular complexity index is 869. The van der Waals surface area contributed by atoms with Crippen molar-refractivity contribution in [2.75, 3.05) is 6.61 Å². The Morgan fingerprint density at radius 1 is 1.16 bits per heavy atom. The maximum Gasteiger partial charge on any atom is 0.303 e. The van der Waals surface area contributed by atoms with Crippen LogP contribution in [-0.4, -0.2) is 52.4 Å². The number of aliphatic hydroxyl groups is 2. The predicted molar refractivity (Wildman–Crippen MR) is 114 cm³/mol. The molecule has 0 bridgehead atoms. The molecular formula is C24H28O7. The van der Waals surface area contributed by atoms with Crippen LogP contribution >= 0.6 is 0 Å². The molecule has 2 N–H and O–H groups in total. The zero-order valence-corrected chi connectivity index (χ0v) is 17.7. The van der Waals surface area contributed by atoms with Gasteiger partial charge in [-0.2, -0.15) is 0 Å². The molecular weight excluding hydrogens is 400 g/mol. The fourth-order valence-electron chi connectivity index (χ4n) is 3.25. The topological polar surface area (TPSA) is 110 Å². The van der Waals surface area contributed by atoms with Crippen molar-refractivity contribution in [2.24, 2.45) is 0 Å². The second-order valence-corrected chi connectivity index (χ2v) is 7.37. The first-order valence-corrected chi connectivity index (χ1v) is 10.1. The summed E-state index contributed by atoms with van der Waals surface area (Å²) in [6, 6.07) is 9.86. The zero-order valence-electron chi connectivity index (χ0n) is 17.7. The number of hydrogen-bond acceptors (Lipinski definition) is 7. The molecule has 0 saturated carbocycles. The summed E-state index contributed by atoms with van der Waals surface area (Å²) in [7, 11) is 0. The average Bonchev–Trinajstić information content (AvgIpc) is 3.00. The number of benzene rings is 1. The minimum Gasteiger partial charge on any atom is -0.463 e. The van der Waals surface area contributed by atoms with Crippen LogP contribution in [0.3, 0.4) is 0 Å². The molecule has 0 radical (unpaired) electrons. The third-order valence-electron chi connectivity index (χ3n) is 4.81. The molecule has 1 aromatic rings. The number of carbonyl (C=O) groups is 3. The molecule has 166 valence electrons. The first-order chi connectivity index (χ1) is 14.7. The van der Waals surface area contributed by atoms with Crippen molar-refractivity contribution < 1.29 is 34.1 Å². The summed E-state index contributed by atoms with van der Waals surface area (Å²) in [5.74, 6) is -1.51. The summed E-state index contributed by atoms with van der Waals surface area (Å²) in [5.41, 5.74) is -0.0348. The lowest BCUT2D eigenvalue weighted by Crippen LogP contribution is -2.33. The summed E-state index contributed by atoms with van der Waals surface area (Å²) in [6.45, 7) is 2.04. The smallest absolute Gasteiger partial charge is 0.303 e. The Labute approximate surface area is 181 Å². The van der Waals surface area contributed by atoms with E-state index in [9.17, 15) is 24.6 Å². The van der Waals surface area contributed by atoms with Crippen LogP contribution in [0.5, 0.6) is 0 Å². The van der Waals surface area contributed by atoms with Crippen molar-refractivity contribution in [3.63, 3.8) is 0 Å². The van der Waals surface area contributed by atoms with Gasteiger partial charge in [-0.05, 0) is 43.1 Å². The average molecular weight is 428 g/mol. The SMILES string of the molecule is CC(=O)OCC(O)C(/C=C/C=C1\C(=O)C=CC1(O)CCCc1ccccc1)OC(C)=O. The van der Waals surface area contributed by atoms with Crippen molar-refractivity contribution in [2.45, 2.75) is 50.9 Å². The number of rotatable bonds is 10.